The van der Waals surface area contributed by atoms with E-state index < -0.39 is 18.3 Å². The van der Waals surface area contributed by atoms with Crippen LogP contribution in [0.1, 0.15) is 77.8 Å². The Labute approximate surface area is 221 Å². The minimum absolute atomic E-state index is 0.0919. The summed E-state index contributed by atoms with van der Waals surface area (Å²) in [6.07, 6.45) is 4.10. The Bertz CT molecular complexity index is 863. The third-order valence-corrected chi connectivity index (χ3v) is 6.99. The largest absolute Gasteiger partial charge is 0.349 e. The van der Waals surface area contributed by atoms with Crippen LogP contribution in [0.4, 0.5) is 8.78 Å². The fraction of sp³-hybridized carbons (Fsp3) is 0.679. The van der Waals surface area contributed by atoms with Crippen LogP contribution in [0.25, 0.3) is 0 Å². The van der Waals surface area contributed by atoms with Crippen LogP contribution in [0.3, 0.4) is 0 Å². The van der Waals surface area contributed by atoms with E-state index in [1.807, 2.05) is 44.2 Å². The number of piperidine rings is 1. The van der Waals surface area contributed by atoms with Crippen molar-refractivity contribution in [1.29, 1.82) is 10.8 Å². The fourth-order valence-corrected chi connectivity index (χ4v) is 4.74. The lowest BCUT2D eigenvalue weighted by Crippen LogP contribution is -2.49. The summed E-state index contributed by atoms with van der Waals surface area (Å²) in [7, 11) is 0. The highest BCUT2D eigenvalue weighted by atomic mass is 19.3. The molecule has 1 heterocycles. The van der Waals surface area contributed by atoms with E-state index in [2.05, 4.69) is 22.9 Å². The summed E-state index contributed by atoms with van der Waals surface area (Å²) in [6.45, 7) is 9.09. The Morgan fingerprint density at radius 1 is 1.19 bits per heavy atom. The van der Waals surface area contributed by atoms with Crippen LogP contribution in [0.15, 0.2) is 30.3 Å². The molecule has 1 amide bonds. The number of unbranched alkanes of at least 4 members (excludes halogenated alkanes) is 1. The molecular formula is C28H46F2N6O. The quantitative estimate of drug-likeness (QED) is 0.136. The van der Waals surface area contributed by atoms with Crippen molar-refractivity contribution < 1.29 is 13.6 Å². The smallest absolute Gasteiger partial charge is 0.261 e. The van der Waals surface area contributed by atoms with Crippen molar-refractivity contribution in [3.8, 4) is 0 Å². The van der Waals surface area contributed by atoms with Gasteiger partial charge in [-0.15, -0.1) is 0 Å². The van der Waals surface area contributed by atoms with Gasteiger partial charge in [0.25, 0.3) is 5.92 Å². The number of nitrogens with zero attached hydrogens (tertiary/aromatic N) is 1. The van der Waals surface area contributed by atoms with E-state index in [1.165, 1.54) is 0 Å². The van der Waals surface area contributed by atoms with E-state index in [0.717, 1.165) is 31.2 Å². The van der Waals surface area contributed by atoms with Crippen molar-refractivity contribution in [1.82, 2.24) is 20.9 Å². The van der Waals surface area contributed by atoms with E-state index in [1.54, 1.807) is 11.8 Å². The Morgan fingerprint density at radius 2 is 1.89 bits per heavy atom. The first-order valence-electron chi connectivity index (χ1n) is 13.6. The molecule has 3 unspecified atom stereocenters. The van der Waals surface area contributed by atoms with Crippen LogP contribution < -0.4 is 16.0 Å². The first-order chi connectivity index (χ1) is 17.5. The number of amides is 1. The summed E-state index contributed by atoms with van der Waals surface area (Å²) in [5, 5.41) is 25.5. The zero-order chi connectivity index (χ0) is 27.4. The number of carbonyl (C=O) groups excluding carboxylic acids is 1. The Balaban J connectivity index is 1.86. The van der Waals surface area contributed by atoms with E-state index in [9.17, 15) is 13.6 Å². The summed E-state index contributed by atoms with van der Waals surface area (Å²) >= 11 is 0. The lowest BCUT2D eigenvalue weighted by molar-refractivity contribution is -0.131. The van der Waals surface area contributed by atoms with Crippen LogP contribution in [0.5, 0.6) is 0 Å². The number of hydrogen-bond donors (Lipinski definition) is 5. The summed E-state index contributed by atoms with van der Waals surface area (Å²) in [5.74, 6) is -2.94. The maximum Gasteiger partial charge on any atom is 0.261 e. The summed E-state index contributed by atoms with van der Waals surface area (Å²) < 4.78 is 27.6. The van der Waals surface area contributed by atoms with Crippen LogP contribution in [-0.2, 0) is 4.79 Å². The third-order valence-electron chi connectivity index (χ3n) is 6.99. The number of amidine groups is 2. The monoisotopic (exact) mass is 520 g/mol. The lowest BCUT2D eigenvalue weighted by Gasteiger charge is -2.30. The summed E-state index contributed by atoms with van der Waals surface area (Å²) in [4.78, 5) is 14.6. The number of nitrogens with one attached hydrogen (secondary N) is 5. The number of halogens is 2. The molecule has 7 nitrogen and oxygen atoms in total. The second kappa shape index (κ2) is 15.1. The molecule has 208 valence electrons. The van der Waals surface area contributed by atoms with E-state index in [-0.39, 0.29) is 31.0 Å². The highest BCUT2D eigenvalue weighted by molar-refractivity contribution is 5.97. The molecule has 0 radical (unpaired) electrons. The van der Waals surface area contributed by atoms with Crippen molar-refractivity contribution in [2.24, 2.45) is 11.8 Å². The van der Waals surface area contributed by atoms with Gasteiger partial charge in [-0.25, -0.2) is 8.78 Å². The molecule has 9 heteroatoms. The normalized spacial score (nSPS) is 18.7. The van der Waals surface area contributed by atoms with Crippen molar-refractivity contribution in [3.05, 3.63) is 35.9 Å². The van der Waals surface area contributed by atoms with Gasteiger partial charge in [0.2, 0.25) is 5.91 Å². The van der Waals surface area contributed by atoms with Gasteiger partial charge in [-0.3, -0.25) is 15.6 Å². The number of benzene rings is 1. The molecule has 1 aromatic carbocycles. The highest BCUT2D eigenvalue weighted by Crippen LogP contribution is 2.27. The zero-order valence-electron chi connectivity index (χ0n) is 22.9. The number of alkyl halides is 2. The third kappa shape index (κ3) is 10.5. The lowest BCUT2D eigenvalue weighted by atomic mass is 9.94. The van der Waals surface area contributed by atoms with Crippen molar-refractivity contribution in [3.63, 3.8) is 0 Å². The van der Waals surface area contributed by atoms with Crippen molar-refractivity contribution >= 4 is 17.6 Å². The van der Waals surface area contributed by atoms with Crippen LogP contribution in [0.2, 0.25) is 0 Å². The molecule has 1 aliphatic rings. The Hall–Kier alpha value is -2.39. The number of rotatable bonds is 14. The van der Waals surface area contributed by atoms with Crippen LogP contribution in [-0.4, -0.2) is 60.6 Å². The SMILES string of the molecule is CCC(CCCCN(C(C)=N)C(=N)C(C)C)NCCC(NC(=O)C1CNCC(F)(F)C1)c1ccccc1. The number of hydrogen-bond acceptors (Lipinski definition) is 5. The van der Waals surface area contributed by atoms with Crippen molar-refractivity contribution in [2.45, 2.75) is 84.2 Å². The molecule has 0 spiro atoms. The molecule has 1 aromatic rings. The van der Waals surface area contributed by atoms with Gasteiger partial charge in [0.1, 0.15) is 5.84 Å². The highest BCUT2D eigenvalue weighted by Gasteiger charge is 2.39. The van der Waals surface area contributed by atoms with Gasteiger partial charge >= 0.3 is 0 Å². The average Bonchev–Trinajstić information content (AvgIpc) is 2.86. The molecule has 0 aliphatic carbocycles. The molecule has 37 heavy (non-hydrogen) atoms. The molecule has 0 saturated carbocycles. The Morgan fingerprint density at radius 3 is 2.49 bits per heavy atom. The standard InChI is InChI=1S/C28H46F2N6O/c1-5-24(13-9-10-16-36(21(4)31)26(32)20(2)3)34-15-14-25(22-11-7-6-8-12-22)35-27(37)23-17-28(29,30)19-33-18-23/h6-8,11-12,20,23-25,31-34H,5,9-10,13-19H2,1-4H3,(H,35,37). The number of carbonyl (C=O) groups is 1. The zero-order valence-corrected chi connectivity index (χ0v) is 22.9. The second-order valence-electron chi connectivity index (χ2n) is 10.5. The maximum atomic E-state index is 13.8. The van der Waals surface area contributed by atoms with Gasteiger partial charge in [0.15, 0.2) is 0 Å². The molecular weight excluding hydrogens is 474 g/mol. The second-order valence-corrected chi connectivity index (χ2v) is 10.5. The topological polar surface area (TPSA) is 104 Å². The van der Waals surface area contributed by atoms with Gasteiger partial charge in [-0.2, -0.15) is 0 Å². The van der Waals surface area contributed by atoms with Gasteiger partial charge in [0, 0.05) is 31.5 Å². The molecule has 2 rings (SSSR count). The summed E-state index contributed by atoms with van der Waals surface area (Å²) in [6, 6.07) is 9.76. The van der Waals surface area contributed by atoms with E-state index in [4.69, 9.17) is 10.8 Å². The molecule has 0 bridgehead atoms. The predicted molar refractivity (Wildman–Crippen MR) is 146 cm³/mol. The van der Waals surface area contributed by atoms with Crippen LogP contribution >= 0.6 is 0 Å². The molecule has 5 N–H and O–H groups in total. The van der Waals surface area contributed by atoms with Gasteiger partial charge in [-0.05, 0) is 44.7 Å². The van der Waals surface area contributed by atoms with Gasteiger partial charge in [-0.1, -0.05) is 57.5 Å². The maximum absolute atomic E-state index is 13.8. The molecule has 0 aromatic heterocycles. The first kappa shape index (κ1) is 30.8. The molecule has 3 atom stereocenters. The van der Waals surface area contributed by atoms with E-state index in [0.29, 0.717) is 37.2 Å². The van der Waals surface area contributed by atoms with Crippen molar-refractivity contribution in [2.75, 3.05) is 26.2 Å². The first-order valence-corrected chi connectivity index (χ1v) is 13.6. The summed E-state index contributed by atoms with van der Waals surface area (Å²) in [5.41, 5.74) is 0.968. The molecule has 1 saturated heterocycles. The van der Waals surface area contributed by atoms with Gasteiger partial charge in [0.05, 0.1) is 24.3 Å². The average molecular weight is 521 g/mol. The molecule has 1 aliphatic heterocycles. The Kier molecular flexibility index (Phi) is 12.6. The van der Waals surface area contributed by atoms with Gasteiger partial charge < -0.3 is 20.9 Å². The predicted octanol–water partition coefficient (Wildman–Crippen LogP) is 4.95. The minimum Gasteiger partial charge on any atom is -0.349 e. The fourth-order valence-electron chi connectivity index (χ4n) is 4.74. The van der Waals surface area contributed by atoms with Crippen LogP contribution in [0, 0.1) is 22.7 Å². The van der Waals surface area contributed by atoms with E-state index >= 15 is 0 Å². The molecule has 1 fully saturated rings. The minimum atomic E-state index is -2.86.